The van der Waals surface area contributed by atoms with Gasteiger partial charge in [0.2, 0.25) is 0 Å². The Bertz CT molecular complexity index is 1170. The molecule has 0 bridgehead atoms. The summed E-state index contributed by atoms with van der Waals surface area (Å²) in [6.07, 6.45) is 4.28. The number of carbonyl (C=O) groups excluding carboxylic acids is 1. The topological polar surface area (TPSA) is 83.7 Å². The number of hydrogen-bond donors (Lipinski definition) is 2. The van der Waals surface area contributed by atoms with Crippen LogP contribution in [0.5, 0.6) is 11.5 Å². The number of amides is 1. The summed E-state index contributed by atoms with van der Waals surface area (Å²) >= 11 is 3.59. The van der Waals surface area contributed by atoms with Gasteiger partial charge in [-0.3, -0.25) is 9.59 Å². The molecule has 1 atom stereocenters. The lowest BCUT2D eigenvalue weighted by atomic mass is 9.81. The maximum Gasteiger partial charge on any atom is 0.253 e. The van der Waals surface area contributed by atoms with E-state index in [1.54, 1.807) is 6.07 Å². The number of rotatable bonds is 5. The molecule has 1 fully saturated rings. The number of fused-ring (bicyclic) bond motifs is 1. The van der Waals surface area contributed by atoms with Gasteiger partial charge in [-0.2, -0.15) is 0 Å². The molecular weight excluding hydrogens is 498 g/mol. The van der Waals surface area contributed by atoms with Gasteiger partial charge in [-0.15, -0.1) is 0 Å². The molecule has 8 heteroatoms. The lowest BCUT2D eigenvalue weighted by molar-refractivity contribution is -0.123. The van der Waals surface area contributed by atoms with Gasteiger partial charge in [-0.1, -0.05) is 0 Å². The van der Waals surface area contributed by atoms with Crippen molar-refractivity contribution in [1.29, 1.82) is 0 Å². The highest BCUT2D eigenvalue weighted by Crippen LogP contribution is 2.51. The summed E-state index contributed by atoms with van der Waals surface area (Å²) in [6.45, 7) is 7.75. The molecule has 4 rings (SSSR count). The minimum absolute atomic E-state index is 0.151. The third kappa shape index (κ3) is 4.62. The van der Waals surface area contributed by atoms with Gasteiger partial charge in [0.25, 0.3) is 17.3 Å². The van der Waals surface area contributed by atoms with Crippen molar-refractivity contribution in [2.45, 2.75) is 71.8 Å². The van der Waals surface area contributed by atoms with E-state index >= 15 is 0 Å². The minimum atomic E-state index is -0.756. The summed E-state index contributed by atoms with van der Waals surface area (Å²) < 4.78 is 13.5. The summed E-state index contributed by atoms with van der Waals surface area (Å²) in [6, 6.07) is 4.27. The van der Waals surface area contributed by atoms with Crippen LogP contribution in [0.1, 0.15) is 65.3 Å². The molecule has 1 amide bonds. The van der Waals surface area contributed by atoms with Crippen LogP contribution < -0.4 is 20.3 Å². The number of benzene rings is 1. The zero-order valence-electron chi connectivity index (χ0n) is 20.8. The average molecular weight is 532 g/mol. The van der Waals surface area contributed by atoms with Gasteiger partial charge >= 0.3 is 0 Å². The Morgan fingerprint density at radius 3 is 2.41 bits per heavy atom. The third-order valence-electron chi connectivity index (χ3n) is 7.38. The SMILES string of the molecule is Cc1cc(C)c(CNC(=O)c2cc(Br)c3c(c2C)OC(C)([C@H]2CC[C@H](N(C)C)CC2)O3)c(=O)[nH]1. The van der Waals surface area contributed by atoms with Crippen LogP contribution in [-0.2, 0) is 6.54 Å². The van der Waals surface area contributed by atoms with Crippen LogP contribution in [-0.4, -0.2) is 41.7 Å². The molecule has 1 saturated carbocycles. The molecule has 1 aliphatic carbocycles. The highest BCUT2D eigenvalue weighted by molar-refractivity contribution is 9.10. The first kappa shape index (κ1) is 24.8. The Morgan fingerprint density at radius 1 is 1.15 bits per heavy atom. The van der Waals surface area contributed by atoms with Gasteiger partial charge in [0.05, 0.1) is 4.47 Å². The summed E-state index contributed by atoms with van der Waals surface area (Å²) in [5.41, 5.74) is 3.25. The maximum atomic E-state index is 13.1. The Balaban J connectivity index is 1.52. The van der Waals surface area contributed by atoms with Gasteiger partial charge in [0, 0.05) is 47.8 Å². The molecule has 0 saturated heterocycles. The summed E-state index contributed by atoms with van der Waals surface area (Å²) in [7, 11) is 4.27. The average Bonchev–Trinajstić information content (AvgIpc) is 3.15. The van der Waals surface area contributed by atoms with Crippen LogP contribution in [0.25, 0.3) is 0 Å². The third-order valence-corrected chi connectivity index (χ3v) is 7.97. The fraction of sp³-hybridized carbons (Fsp3) is 0.538. The van der Waals surface area contributed by atoms with Gasteiger partial charge in [-0.05, 0) is 94.2 Å². The van der Waals surface area contributed by atoms with Crippen molar-refractivity contribution in [1.82, 2.24) is 15.2 Å². The largest absolute Gasteiger partial charge is 0.448 e. The number of aromatic nitrogens is 1. The predicted molar refractivity (Wildman–Crippen MR) is 136 cm³/mol. The highest BCUT2D eigenvalue weighted by Gasteiger charge is 2.47. The van der Waals surface area contributed by atoms with E-state index in [1.807, 2.05) is 33.8 Å². The molecule has 0 spiro atoms. The van der Waals surface area contributed by atoms with Gasteiger partial charge in [0.15, 0.2) is 11.5 Å². The quantitative estimate of drug-likeness (QED) is 0.588. The lowest BCUT2D eigenvalue weighted by Gasteiger charge is -2.39. The van der Waals surface area contributed by atoms with E-state index in [9.17, 15) is 9.59 Å². The smallest absolute Gasteiger partial charge is 0.253 e. The van der Waals surface area contributed by atoms with Crippen molar-refractivity contribution in [2.75, 3.05) is 14.1 Å². The van der Waals surface area contributed by atoms with Crippen molar-refractivity contribution < 1.29 is 14.3 Å². The number of H-pyrrole nitrogens is 1. The molecule has 1 aliphatic heterocycles. The van der Waals surface area contributed by atoms with Crippen molar-refractivity contribution in [3.63, 3.8) is 0 Å². The van der Waals surface area contributed by atoms with E-state index in [0.717, 1.165) is 42.5 Å². The molecule has 1 unspecified atom stereocenters. The Morgan fingerprint density at radius 2 is 1.79 bits per heavy atom. The molecule has 1 aromatic heterocycles. The predicted octanol–water partition coefficient (Wildman–Crippen LogP) is 4.60. The van der Waals surface area contributed by atoms with Crippen LogP contribution in [0.4, 0.5) is 0 Å². The monoisotopic (exact) mass is 531 g/mol. The number of nitrogens with zero attached hydrogens (tertiary/aromatic N) is 1. The van der Waals surface area contributed by atoms with Crippen molar-refractivity contribution in [3.8, 4) is 11.5 Å². The van der Waals surface area contributed by atoms with E-state index in [2.05, 4.69) is 45.2 Å². The number of ether oxygens (including phenoxy) is 2. The number of hydrogen-bond acceptors (Lipinski definition) is 5. The number of carbonyl (C=O) groups is 1. The van der Waals surface area contributed by atoms with Crippen LogP contribution in [0.2, 0.25) is 0 Å². The summed E-state index contributed by atoms with van der Waals surface area (Å²) in [4.78, 5) is 30.5. The molecule has 2 aliphatic rings. The van der Waals surface area contributed by atoms with E-state index in [-0.39, 0.29) is 23.9 Å². The van der Waals surface area contributed by atoms with E-state index < -0.39 is 5.79 Å². The number of halogens is 1. The highest BCUT2D eigenvalue weighted by atomic mass is 79.9. The molecule has 0 radical (unpaired) electrons. The van der Waals surface area contributed by atoms with Gasteiger partial charge in [-0.25, -0.2) is 0 Å². The fourth-order valence-electron chi connectivity index (χ4n) is 5.23. The molecule has 7 nitrogen and oxygen atoms in total. The van der Waals surface area contributed by atoms with Crippen LogP contribution in [0.15, 0.2) is 21.4 Å². The lowest BCUT2D eigenvalue weighted by Crippen LogP contribution is -2.46. The number of aromatic amines is 1. The molecule has 34 heavy (non-hydrogen) atoms. The first-order valence-electron chi connectivity index (χ1n) is 11.8. The normalized spacial score (nSPS) is 23.9. The Kier molecular flexibility index (Phi) is 6.84. The molecule has 2 N–H and O–H groups in total. The van der Waals surface area contributed by atoms with Gasteiger partial charge < -0.3 is 24.7 Å². The Hall–Kier alpha value is -2.32. The van der Waals surface area contributed by atoms with Crippen molar-refractivity contribution in [2.24, 2.45) is 5.92 Å². The standard InChI is InChI=1S/C26H34BrN3O4/c1-14-11-15(2)29-25(32)20(14)13-28-24(31)19-12-21(27)23-22(16(19)3)33-26(4,34-23)17-7-9-18(10-8-17)30(5)6/h11-12,17-18H,7-10,13H2,1-6H3,(H,28,31)(H,29,32)/t17-,18-,26?. The molecule has 184 valence electrons. The number of nitrogens with one attached hydrogen (secondary N) is 2. The number of aryl methyl sites for hydroxylation is 2. The summed E-state index contributed by atoms with van der Waals surface area (Å²) in [5, 5.41) is 2.89. The molecule has 2 heterocycles. The zero-order chi connectivity index (χ0) is 24.8. The van der Waals surface area contributed by atoms with Gasteiger partial charge in [0.1, 0.15) is 0 Å². The van der Waals surface area contributed by atoms with E-state index in [1.165, 1.54) is 0 Å². The zero-order valence-corrected chi connectivity index (χ0v) is 22.4. The second kappa shape index (κ2) is 9.38. The van der Waals surface area contributed by atoms with Crippen LogP contribution in [0, 0.1) is 26.7 Å². The van der Waals surface area contributed by atoms with Crippen LogP contribution >= 0.6 is 15.9 Å². The first-order valence-corrected chi connectivity index (χ1v) is 12.6. The van der Waals surface area contributed by atoms with Crippen molar-refractivity contribution >= 4 is 21.8 Å². The summed E-state index contributed by atoms with van der Waals surface area (Å²) in [5.74, 6) is 0.520. The van der Waals surface area contributed by atoms with Crippen LogP contribution in [0.3, 0.4) is 0 Å². The van der Waals surface area contributed by atoms with E-state index in [0.29, 0.717) is 33.1 Å². The fourth-order valence-corrected chi connectivity index (χ4v) is 5.72. The van der Waals surface area contributed by atoms with E-state index in [4.69, 9.17) is 9.47 Å². The van der Waals surface area contributed by atoms with Crippen molar-refractivity contribution in [3.05, 3.63) is 54.9 Å². The first-order chi connectivity index (χ1) is 16.0. The second-order valence-electron chi connectivity index (χ2n) is 10.0. The molecular formula is C26H34BrN3O4. The Labute approximate surface area is 209 Å². The second-order valence-corrected chi connectivity index (χ2v) is 10.9. The minimum Gasteiger partial charge on any atom is -0.448 e. The molecule has 1 aromatic carbocycles. The molecule has 2 aromatic rings. The maximum absolute atomic E-state index is 13.1. The number of pyridine rings is 1.